The number of fused-ring (bicyclic) bond motifs is 1. The standard InChI is InChI=1S/C18H21N7/c19-7-3-15(18(11-20)5-1-2-6-18)25-10-13(9-24-25)16-14-4-8-21-17(14)23-12-22-16/h4,8-10,12,15H,1-3,5-6,11,20H2,(H,21,22,23). The molecule has 1 aliphatic carbocycles. The molecule has 7 nitrogen and oxygen atoms in total. The van der Waals surface area contributed by atoms with Crippen molar-refractivity contribution in [1.82, 2.24) is 24.7 Å². The molecule has 1 unspecified atom stereocenters. The van der Waals surface area contributed by atoms with Gasteiger partial charge in [-0.3, -0.25) is 4.68 Å². The highest BCUT2D eigenvalue weighted by Gasteiger charge is 2.41. The molecular weight excluding hydrogens is 314 g/mol. The molecule has 0 aromatic carbocycles. The Hall–Kier alpha value is -2.72. The Kier molecular flexibility index (Phi) is 3.98. The van der Waals surface area contributed by atoms with Crippen LogP contribution in [-0.4, -0.2) is 31.3 Å². The molecule has 0 radical (unpaired) electrons. The first-order valence-electron chi connectivity index (χ1n) is 8.67. The average Bonchev–Trinajstić information content (AvgIpc) is 3.39. The van der Waals surface area contributed by atoms with Crippen molar-refractivity contribution in [2.24, 2.45) is 11.1 Å². The summed E-state index contributed by atoms with van der Waals surface area (Å²) in [5.41, 5.74) is 8.69. The Bertz CT molecular complexity index is 911. The second kappa shape index (κ2) is 6.30. The maximum Gasteiger partial charge on any atom is 0.141 e. The molecule has 3 heterocycles. The second-order valence-corrected chi connectivity index (χ2v) is 6.82. The predicted octanol–water partition coefficient (Wildman–Crippen LogP) is 2.80. The number of nitrogens with two attached hydrogens (primary N) is 1. The Morgan fingerprint density at radius 1 is 1.36 bits per heavy atom. The van der Waals surface area contributed by atoms with Crippen molar-refractivity contribution in [3.05, 3.63) is 31.0 Å². The molecule has 0 saturated heterocycles. The summed E-state index contributed by atoms with van der Waals surface area (Å²) in [5.74, 6) is 0. The topological polar surface area (TPSA) is 109 Å². The lowest BCUT2D eigenvalue weighted by molar-refractivity contribution is 0.170. The van der Waals surface area contributed by atoms with Crippen molar-refractivity contribution in [2.45, 2.75) is 38.1 Å². The van der Waals surface area contributed by atoms with Crippen LogP contribution in [0.2, 0.25) is 0 Å². The molecule has 7 heteroatoms. The van der Waals surface area contributed by atoms with E-state index in [9.17, 15) is 5.26 Å². The number of nitriles is 1. The normalized spacial score (nSPS) is 17.6. The highest BCUT2D eigenvalue weighted by Crippen LogP contribution is 2.47. The van der Waals surface area contributed by atoms with Crippen LogP contribution >= 0.6 is 0 Å². The van der Waals surface area contributed by atoms with Crippen LogP contribution in [0.4, 0.5) is 0 Å². The molecule has 0 spiro atoms. The monoisotopic (exact) mass is 335 g/mol. The van der Waals surface area contributed by atoms with E-state index in [0.29, 0.717) is 13.0 Å². The van der Waals surface area contributed by atoms with E-state index in [-0.39, 0.29) is 11.5 Å². The van der Waals surface area contributed by atoms with Gasteiger partial charge >= 0.3 is 0 Å². The van der Waals surface area contributed by atoms with Crippen LogP contribution in [0.25, 0.3) is 22.3 Å². The molecule has 128 valence electrons. The first-order valence-corrected chi connectivity index (χ1v) is 8.67. The van der Waals surface area contributed by atoms with Gasteiger partial charge in [0.05, 0.1) is 30.4 Å². The Morgan fingerprint density at radius 2 is 2.20 bits per heavy atom. The predicted molar refractivity (Wildman–Crippen MR) is 94.3 cm³/mol. The van der Waals surface area contributed by atoms with E-state index in [2.05, 4.69) is 26.1 Å². The lowest BCUT2D eigenvalue weighted by atomic mass is 9.77. The van der Waals surface area contributed by atoms with E-state index >= 15 is 0 Å². The van der Waals surface area contributed by atoms with Crippen molar-refractivity contribution in [3.63, 3.8) is 0 Å². The van der Waals surface area contributed by atoms with Gasteiger partial charge in [-0.1, -0.05) is 12.8 Å². The van der Waals surface area contributed by atoms with Gasteiger partial charge in [0, 0.05) is 35.3 Å². The smallest absolute Gasteiger partial charge is 0.141 e. The molecule has 1 fully saturated rings. The lowest BCUT2D eigenvalue weighted by Crippen LogP contribution is -2.37. The summed E-state index contributed by atoms with van der Waals surface area (Å²) in [6.45, 7) is 0.587. The van der Waals surface area contributed by atoms with Gasteiger partial charge in [-0.2, -0.15) is 10.4 Å². The molecule has 1 atom stereocenters. The van der Waals surface area contributed by atoms with Gasteiger partial charge in [0.1, 0.15) is 12.0 Å². The van der Waals surface area contributed by atoms with E-state index in [1.165, 1.54) is 12.8 Å². The fraction of sp³-hybridized carbons (Fsp3) is 0.444. The zero-order valence-corrected chi connectivity index (χ0v) is 14.0. The molecule has 25 heavy (non-hydrogen) atoms. The zero-order valence-electron chi connectivity index (χ0n) is 14.0. The third kappa shape index (κ3) is 2.59. The van der Waals surface area contributed by atoms with Gasteiger partial charge in [-0.25, -0.2) is 9.97 Å². The van der Waals surface area contributed by atoms with Gasteiger partial charge < -0.3 is 10.7 Å². The van der Waals surface area contributed by atoms with Crippen molar-refractivity contribution < 1.29 is 0 Å². The van der Waals surface area contributed by atoms with E-state index in [1.54, 1.807) is 6.33 Å². The van der Waals surface area contributed by atoms with Gasteiger partial charge in [-0.05, 0) is 18.9 Å². The summed E-state index contributed by atoms with van der Waals surface area (Å²) < 4.78 is 1.93. The van der Waals surface area contributed by atoms with E-state index in [0.717, 1.165) is 35.1 Å². The highest BCUT2D eigenvalue weighted by molar-refractivity contribution is 5.89. The first-order chi connectivity index (χ1) is 12.3. The fourth-order valence-corrected chi connectivity index (χ4v) is 4.16. The average molecular weight is 335 g/mol. The fourth-order valence-electron chi connectivity index (χ4n) is 4.16. The minimum absolute atomic E-state index is 0.00213. The summed E-state index contributed by atoms with van der Waals surface area (Å²) in [4.78, 5) is 11.8. The summed E-state index contributed by atoms with van der Waals surface area (Å²) >= 11 is 0. The van der Waals surface area contributed by atoms with Crippen LogP contribution in [-0.2, 0) is 0 Å². The number of hydrogen-bond donors (Lipinski definition) is 2. The summed E-state index contributed by atoms with van der Waals surface area (Å²) in [6.07, 6.45) is 12.1. The number of nitrogens with one attached hydrogen (secondary N) is 1. The second-order valence-electron chi connectivity index (χ2n) is 6.82. The van der Waals surface area contributed by atoms with Gasteiger partial charge in [0.25, 0.3) is 0 Å². The zero-order chi connectivity index (χ0) is 17.3. The largest absolute Gasteiger partial charge is 0.346 e. The quantitative estimate of drug-likeness (QED) is 0.745. The van der Waals surface area contributed by atoms with Crippen molar-refractivity contribution in [2.75, 3.05) is 6.54 Å². The van der Waals surface area contributed by atoms with Crippen LogP contribution in [0.5, 0.6) is 0 Å². The molecule has 0 amide bonds. The van der Waals surface area contributed by atoms with E-state index in [4.69, 9.17) is 5.73 Å². The number of aromatic nitrogens is 5. The highest BCUT2D eigenvalue weighted by atomic mass is 15.3. The Balaban J connectivity index is 1.74. The Morgan fingerprint density at radius 3 is 2.96 bits per heavy atom. The molecule has 0 aliphatic heterocycles. The molecule has 4 rings (SSSR count). The minimum Gasteiger partial charge on any atom is -0.346 e. The summed E-state index contributed by atoms with van der Waals surface area (Å²) in [5, 5.41) is 14.9. The van der Waals surface area contributed by atoms with Crippen LogP contribution in [0.3, 0.4) is 0 Å². The maximum atomic E-state index is 9.35. The van der Waals surface area contributed by atoms with Gasteiger partial charge in [0.15, 0.2) is 0 Å². The first kappa shape index (κ1) is 15.8. The van der Waals surface area contributed by atoms with Crippen molar-refractivity contribution in [3.8, 4) is 17.3 Å². The van der Waals surface area contributed by atoms with Crippen LogP contribution in [0.1, 0.15) is 38.1 Å². The molecule has 0 bridgehead atoms. The van der Waals surface area contributed by atoms with Gasteiger partial charge in [0.2, 0.25) is 0 Å². The molecular formula is C18H21N7. The molecule has 1 aliphatic rings. The van der Waals surface area contributed by atoms with Crippen molar-refractivity contribution in [1.29, 1.82) is 5.26 Å². The molecule has 1 saturated carbocycles. The number of hydrogen-bond acceptors (Lipinski definition) is 5. The number of rotatable bonds is 5. The maximum absolute atomic E-state index is 9.35. The number of H-pyrrole nitrogens is 1. The van der Waals surface area contributed by atoms with E-state index in [1.807, 2.05) is 29.3 Å². The minimum atomic E-state index is -0.0336. The van der Waals surface area contributed by atoms with Crippen LogP contribution in [0.15, 0.2) is 31.0 Å². The summed E-state index contributed by atoms with van der Waals surface area (Å²) in [7, 11) is 0. The molecule has 3 N–H and O–H groups in total. The van der Waals surface area contributed by atoms with Crippen molar-refractivity contribution >= 4 is 11.0 Å². The third-order valence-electron chi connectivity index (χ3n) is 5.55. The van der Waals surface area contributed by atoms with Gasteiger partial charge in [-0.15, -0.1) is 0 Å². The van der Waals surface area contributed by atoms with Crippen LogP contribution < -0.4 is 5.73 Å². The van der Waals surface area contributed by atoms with Crippen LogP contribution in [0, 0.1) is 16.7 Å². The molecule has 3 aromatic heterocycles. The Labute approximate surface area is 145 Å². The summed E-state index contributed by atoms with van der Waals surface area (Å²) in [6, 6.07) is 4.30. The lowest BCUT2D eigenvalue weighted by Gasteiger charge is -2.35. The van der Waals surface area contributed by atoms with E-state index < -0.39 is 0 Å². The number of nitrogens with zero attached hydrogens (tertiary/aromatic N) is 5. The SMILES string of the molecule is N#CCC(n1cc(-c2ncnc3[nH]ccc23)cn1)C1(CN)CCCC1. The third-order valence-corrected chi connectivity index (χ3v) is 5.55. The molecule has 3 aromatic rings. The number of aromatic amines is 1.